The number of pyridine rings is 1. The van der Waals surface area contributed by atoms with Crippen LogP contribution < -0.4 is 14.3 Å². The second kappa shape index (κ2) is 8.83. The predicted octanol–water partition coefficient (Wildman–Crippen LogP) is 4.07. The smallest absolute Gasteiger partial charge is 0.190 e. The van der Waals surface area contributed by atoms with Gasteiger partial charge in [0.1, 0.15) is 11.5 Å². The number of aromatic nitrogens is 2. The van der Waals surface area contributed by atoms with Gasteiger partial charge in [0.05, 0.1) is 44.4 Å². The van der Waals surface area contributed by atoms with Crippen LogP contribution in [0.2, 0.25) is 0 Å². The number of methoxy groups -OCH3 is 3. The van der Waals surface area contributed by atoms with Gasteiger partial charge in [-0.25, -0.2) is 4.99 Å². The molecule has 0 fully saturated rings. The van der Waals surface area contributed by atoms with Gasteiger partial charge in [-0.05, 0) is 31.2 Å². The van der Waals surface area contributed by atoms with Crippen LogP contribution in [-0.4, -0.2) is 37.5 Å². The lowest BCUT2D eigenvalue weighted by Gasteiger charge is -2.18. The van der Waals surface area contributed by atoms with Gasteiger partial charge >= 0.3 is 0 Å². The van der Waals surface area contributed by atoms with Crippen LogP contribution in [0.4, 0.5) is 5.69 Å². The van der Waals surface area contributed by atoms with Gasteiger partial charge < -0.3 is 18.8 Å². The first-order chi connectivity index (χ1) is 13.2. The topological polar surface area (TPSA) is 57.9 Å². The standard InChI is InChI=1S/C20H23N3O3S/c1-14(12-24-2)23-18(17-8-7-16(25-3)10-19(17)26-4)13-27-20(23)22-15-6-5-9-21-11-15/h5-11,13-14H,12H2,1-4H3. The number of hydrogen-bond donors (Lipinski definition) is 0. The Hall–Kier alpha value is -2.64. The molecule has 0 saturated carbocycles. The fourth-order valence-electron chi connectivity index (χ4n) is 2.88. The fraction of sp³-hybridized carbons (Fsp3) is 0.300. The third-order valence-electron chi connectivity index (χ3n) is 4.15. The molecule has 1 unspecified atom stereocenters. The number of thiazole rings is 1. The van der Waals surface area contributed by atoms with E-state index in [-0.39, 0.29) is 6.04 Å². The molecule has 0 N–H and O–H groups in total. The van der Waals surface area contributed by atoms with E-state index in [9.17, 15) is 0 Å². The first-order valence-corrected chi connectivity index (χ1v) is 9.42. The maximum Gasteiger partial charge on any atom is 0.190 e. The molecule has 0 saturated heterocycles. The van der Waals surface area contributed by atoms with Crippen molar-refractivity contribution in [1.82, 2.24) is 9.55 Å². The van der Waals surface area contributed by atoms with E-state index >= 15 is 0 Å². The number of hydrogen-bond acceptors (Lipinski definition) is 6. The van der Waals surface area contributed by atoms with Crippen molar-refractivity contribution in [2.45, 2.75) is 13.0 Å². The Balaban J connectivity index is 2.18. The van der Waals surface area contributed by atoms with Crippen molar-refractivity contribution in [3.05, 3.63) is 52.9 Å². The molecule has 0 aliphatic carbocycles. The molecule has 142 valence electrons. The molecule has 7 heteroatoms. The number of ether oxygens (including phenoxy) is 3. The molecule has 0 bridgehead atoms. The SMILES string of the molecule is COCC(C)n1c(-c2ccc(OC)cc2OC)csc1=Nc1cccnc1. The summed E-state index contributed by atoms with van der Waals surface area (Å²) in [6.45, 7) is 2.68. The molecule has 6 nitrogen and oxygen atoms in total. The van der Waals surface area contributed by atoms with Gasteiger partial charge in [0, 0.05) is 30.3 Å². The van der Waals surface area contributed by atoms with Crippen LogP contribution in [0.5, 0.6) is 11.5 Å². The molecule has 0 aliphatic heterocycles. The van der Waals surface area contributed by atoms with Crippen LogP contribution in [-0.2, 0) is 4.74 Å². The van der Waals surface area contributed by atoms with Gasteiger partial charge in [-0.15, -0.1) is 11.3 Å². The molecule has 2 aromatic heterocycles. The maximum absolute atomic E-state index is 5.60. The van der Waals surface area contributed by atoms with E-state index in [1.807, 2.05) is 30.3 Å². The monoisotopic (exact) mass is 385 g/mol. The third kappa shape index (κ3) is 4.20. The van der Waals surface area contributed by atoms with E-state index in [4.69, 9.17) is 19.2 Å². The highest BCUT2D eigenvalue weighted by atomic mass is 32.1. The maximum atomic E-state index is 5.60. The average molecular weight is 385 g/mol. The fourth-order valence-corrected chi connectivity index (χ4v) is 3.89. The van der Waals surface area contributed by atoms with Gasteiger partial charge in [0.15, 0.2) is 4.80 Å². The van der Waals surface area contributed by atoms with E-state index < -0.39 is 0 Å². The van der Waals surface area contributed by atoms with E-state index in [0.717, 1.165) is 33.2 Å². The van der Waals surface area contributed by atoms with Crippen LogP contribution >= 0.6 is 11.3 Å². The third-order valence-corrected chi connectivity index (χ3v) is 4.99. The molecule has 1 atom stereocenters. The molecule has 1 aromatic carbocycles. The summed E-state index contributed by atoms with van der Waals surface area (Å²) in [4.78, 5) is 9.80. The average Bonchev–Trinajstić information content (AvgIpc) is 3.11. The van der Waals surface area contributed by atoms with Gasteiger partial charge in [-0.1, -0.05) is 0 Å². The second-order valence-electron chi connectivity index (χ2n) is 5.97. The summed E-state index contributed by atoms with van der Waals surface area (Å²) in [5.74, 6) is 1.50. The molecular weight excluding hydrogens is 362 g/mol. The molecule has 3 aromatic rings. The van der Waals surface area contributed by atoms with Crippen molar-refractivity contribution in [2.75, 3.05) is 27.9 Å². The summed E-state index contributed by atoms with van der Waals surface area (Å²) in [6, 6.07) is 9.73. The quantitative estimate of drug-likeness (QED) is 0.615. The Labute approximate surface area is 162 Å². The number of benzene rings is 1. The first kappa shape index (κ1) is 19.1. The zero-order valence-electron chi connectivity index (χ0n) is 15.9. The van der Waals surface area contributed by atoms with E-state index in [2.05, 4.69) is 21.9 Å². The molecule has 0 amide bonds. The highest BCUT2D eigenvalue weighted by Gasteiger charge is 2.17. The predicted molar refractivity (Wildman–Crippen MR) is 107 cm³/mol. The van der Waals surface area contributed by atoms with Crippen LogP contribution in [0.1, 0.15) is 13.0 Å². The summed E-state index contributed by atoms with van der Waals surface area (Å²) < 4.78 is 18.5. The number of nitrogens with zero attached hydrogens (tertiary/aromatic N) is 3. The largest absolute Gasteiger partial charge is 0.497 e. The lowest BCUT2D eigenvalue weighted by Crippen LogP contribution is -2.23. The van der Waals surface area contributed by atoms with Crippen LogP contribution in [0, 0.1) is 0 Å². The second-order valence-corrected chi connectivity index (χ2v) is 6.80. The van der Waals surface area contributed by atoms with Crippen molar-refractivity contribution in [3.63, 3.8) is 0 Å². The highest BCUT2D eigenvalue weighted by molar-refractivity contribution is 7.07. The van der Waals surface area contributed by atoms with Gasteiger partial charge in [-0.2, -0.15) is 0 Å². The summed E-state index contributed by atoms with van der Waals surface area (Å²) in [5.41, 5.74) is 2.81. The van der Waals surface area contributed by atoms with Crippen molar-refractivity contribution in [3.8, 4) is 22.8 Å². The Morgan fingerprint density at radius 1 is 1.19 bits per heavy atom. The zero-order valence-corrected chi connectivity index (χ0v) is 16.7. The minimum absolute atomic E-state index is 0.0958. The van der Waals surface area contributed by atoms with Crippen LogP contribution in [0.3, 0.4) is 0 Å². The van der Waals surface area contributed by atoms with Crippen molar-refractivity contribution in [2.24, 2.45) is 4.99 Å². The Morgan fingerprint density at radius 3 is 2.70 bits per heavy atom. The minimum Gasteiger partial charge on any atom is -0.497 e. The van der Waals surface area contributed by atoms with Crippen molar-refractivity contribution < 1.29 is 14.2 Å². The van der Waals surface area contributed by atoms with E-state index in [0.29, 0.717) is 6.61 Å². The Bertz CT molecular complexity index is 951. The number of rotatable bonds is 7. The summed E-state index contributed by atoms with van der Waals surface area (Å²) in [5, 5.41) is 2.09. The van der Waals surface area contributed by atoms with Gasteiger partial charge in [0.25, 0.3) is 0 Å². The lowest BCUT2D eigenvalue weighted by molar-refractivity contribution is 0.162. The highest BCUT2D eigenvalue weighted by Crippen LogP contribution is 2.34. The Kier molecular flexibility index (Phi) is 6.26. The molecule has 27 heavy (non-hydrogen) atoms. The lowest BCUT2D eigenvalue weighted by atomic mass is 10.1. The van der Waals surface area contributed by atoms with Crippen molar-refractivity contribution in [1.29, 1.82) is 0 Å². The van der Waals surface area contributed by atoms with Gasteiger partial charge in [0.2, 0.25) is 0 Å². The molecular formula is C20H23N3O3S. The van der Waals surface area contributed by atoms with Gasteiger partial charge in [-0.3, -0.25) is 4.98 Å². The van der Waals surface area contributed by atoms with E-state index in [1.54, 1.807) is 45.1 Å². The normalized spacial score (nSPS) is 12.8. The summed E-state index contributed by atoms with van der Waals surface area (Å²) in [6.07, 6.45) is 3.49. The Morgan fingerprint density at radius 2 is 2.04 bits per heavy atom. The zero-order chi connectivity index (χ0) is 19.2. The van der Waals surface area contributed by atoms with Crippen molar-refractivity contribution >= 4 is 17.0 Å². The van der Waals surface area contributed by atoms with Crippen LogP contribution in [0.25, 0.3) is 11.3 Å². The summed E-state index contributed by atoms with van der Waals surface area (Å²) in [7, 11) is 5.01. The molecule has 0 spiro atoms. The molecule has 2 heterocycles. The molecule has 0 aliphatic rings. The molecule has 0 radical (unpaired) electrons. The summed E-state index contributed by atoms with van der Waals surface area (Å²) >= 11 is 1.58. The minimum atomic E-state index is 0.0958. The molecule has 3 rings (SSSR count). The van der Waals surface area contributed by atoms with Crippen LogP contribution in [0.15, 0.2) is 53.1 Å². The first-order valence-electron chi connectivity index (χ1n) is 8.54. The van der Waals surface area contributed by atoms with E-state index in [1.165, 1.54) is 0 Å².